The lowest BCUT2D eigenvalue weighted by atomic mass is 10.3. The average Bonchev–Trinajstić information content (AvgIpc) is 3.03. The summed E-state index contributed by atoms with van der Waals surface area (Å²) in [5.74, 6) is 2.54. The van der Waals surface area contributed by atoms with Crippen LogP contribution in [0.5, 0.6) is 5.75 Å². The number of nitrogens with one attached hydrogen (secondary N) is 1. The maximum atomic E-state index is 5.46. The van der Waals surface area contributed by atoms with Crippen LogP contribution >= 0.6 is 0 Å². The van der Waals surface area contributed by atoms with E-state index < -0.39 is 0 Å². The quantitative estimate of drug-likeness (QED) is 0.915. The molecule has 5 heteroatoms. The largest absolute Gasteiger partial charge is 0.494 e. The molecule has 3 rings (SSSR count). The van der Waals surface area contributed by atoms with Crippen molar-refractivity contribution in [3.63, 3.8) is 0 Å². The molecule has 0 aliphatic carbocycles. The van der Waals surface area contributed by atoms with E-state index in [0.29, 0.717) is 6.61 Å². The summed E-state index contributed by atoms with van der Waals surface area (Å²) in [4.78, 5) is 11.4. The van der Waals surface area contributed by atoms with Gasteiger partial charge in [0.15, 0.2) is 0 Å². The molecule has 0 radical (unpaired) electrons. The first-order valence-corrected chi connectivity index (χ1v) is 7.85. The summed E-state index contributed by atoms with van der Waals surface area (Å²) in [5, 5.41) is 3.34. The molecule has 0 spiro atoms. The van der Waals surface area contributed by atoms with Crippen LogP contribution in [0.25, 0.3) is 0 Å². The molecule has 22 heavy (non-hydrogen) atoms. The maximum Gasteiger partial charge on any atom is 0.227 e. The van der Waals surface area contributed by atoms with Crippen LogP contribution in [0, 0.1) is 6.92 Å². The van der Waals surface area contributed by atoms with E-state index in [2.05, 4.69) is 20.2 Å². The summed E-state index contributed by atoms with van der Waals surface area (Å²) < 4.78 is 5.46. The Hall–Kier alpha value is -2.30. The van der Waals surface area contributed by atoms with Gasteiger partial charge >= 0.3 is 0 Å². The number of hydrogen-bond acceptors (Lipinski definition) is 5. The maximum absolute atomic E-state index is 5.46. The normalized spacial score (nSPS) is 14.2. The van der Waals surface area contributed by atoms with Crippen LogP contribution in [0.4, 0.5) is 17.5 Å². The van der Waals surface area contributed by atoms with Crippen molar-refractivity contribution in [2.45, 2.75) is 26.7 Å². The first-order valence-electron chi connectivity index (χ1n) is 7.85. The molecule has 1 fully saturated rings. The Balaban J connectivity index is 1.76. The summed E-state index contributed by atoms with van der Waals surface area (Å²) >= 11 is 0. The molecule has 1 aliphatic heterocycles. The third-order valence-corrected chi connectivity index (χ3v) is 3.67. The van der Waals surface area contributed by atoms with Gasteiger partial charge in [-0.25, -0.2) is 4.98 Å². The molecule has 1 saturated heterocycles. The first kappa shape index (κ1) is 14.6. The minimum atomic E-state index is 0.678. The molecule has 116 valence electrons. The fraction of sp³-hybridized carbons (Fsp3) is 0.412. The summed E-state index contributed by atoms with van der Waals surface area (Å²) in [6.07, 6.45) is 2.44. The zero-order chi connectivity index (χ0) is 15.4. The first-order chi connectivity index (χ1) is 10.7. The fourth-order valence-corrected chi connectivity index (χ4v) is 2.62. The van der Waals surface area contributed by atoms with Gasteiger partial charge in [-0.2, -0.15) is 4.98 Å². The summed E-state index contributed by atoms with van der Waals surface area (Å²) in [5.41, 5.74) is 1.97. The highest BCUT2D eigenvalue weighted by atomic mass is 16.5. The molecule has 2 aromatic rings. The predicted molar refractivity (Wildman–Crippen MR) is 89.1 cm³/mol. The van der Waals surface area contributed by atoms with E-state index in [0.717, 1.165) is 42.0 Å². The summed E-state index contributed by atoms with van der Waals surface area (Å²) in [6, 6.07) is 9.88. The molecule has 0 atom stereocenters. The lowest BCUT2D eigenvalue weighted by Gasteiger charge is -2.17. The van der Waals surface area contributed by atoms with Crippen molar-refractivity contribution in [3.8, 4) is 5.75 Å². The van der Waals surface area contributed by atoms with Crippen molar-refractivity contribution in [1.82, 2.24) is 9.97 Å². The van der Waals surface area contributed by atoms with Gasteiger partial charge in [-0.3, -0.25) is 0 Å². The minimum Gasteiger partial charge on any atom is -0.494 e. The van der Waals surface area contributed by atoms with Crippen molar-refractivity contribution in [1.29, 1.82) is 0 Å². The van der Waals surface area contributed by atoms with Crippen LogP contribution in [0.2, 0.25) is 0 Å². The molecular formula is C17H22N4O. The van der Waals surface area contributed by atoms with Crippen LogP contribution in [0.15, 0.2) is 30.3 Å². The van der Waals surface area contributed by atoms with Gasteiger partial charge in [0.2, 0.25) is 5.95 Å². The molecule has 0 amide bonds. The third kappa shape index (κ3) is 3.47. The third-order valence-electron chi connectivity index (χ3n) is 3.67. The Bertz CT molecular complexity index is 621. The highest BCUT2D eigenvalue weighted by Crippen LogP contribution is 2.22. The zero-order valence-electron chi connectivity index (χ0n) is 13.2. The van der Waals surface area contributed by atoms with Gasteiger partial charge < -0.3 is 15.0 Å². The van der Waals surface area contributed by atoms with Gasteiger partial charge in [-0.15, -0.1) is 0 Å². The number of anilines is 3. The van der Waals surface area contributed by atoms with Crippen molar-refractivity contribution in [2.24, 2.45) is 0 Å². The molecule has 2 heterocycles. The van der Waals surface area contributed by atoms with Gasteiger partial charge in [0.1, 0.15) is 11.6 Å². The Morgan fingerprint density at radius 2 is 1.86 bits per heavy atom. The predicted octanol–water partition coefficient (Wildman–Crippen LogP) is 3.53. The van der Waals surface area contributed by atoms with Gasteiger partial charge in [0.25, 0.3) is 0 Å². The van der Waals surface area contributed by atoms with Crippen LogP contribution < -0.4 is 15.0 Å². The van der Waals surface area contributed by atoms with Gasteiger partial charge in [0.05, 0.1) is 6.61 Å². The Morgan fingerprint density at radius 1 is 1.14 bits per heavy atom. The number of ether oxygens (including phenoxy) is 1. The Kier molecular flexibility index (Phi) is 4.42. The second-order valence-corrected chi connectivity index (χ2v) is 5.47. The van der Waals surface area contributed by atoms with E-state index in [9.17, 15) is 0 Å². The van der Waals surface area contributed by atoms with Gasteiger partial charge in [0, 0.05) is 30.5 Å². The Labute approximate surface area is 131 Å². The number of benzene rings is 1. The smallest absolute Gasteiger partial charge is 0.227 e. The second-order valence-electron chi connectivity index (χ2n) is 5.47. The van der Waals surface area contributed by atoms with E-state index in [4.69, 9.17) is 4.74 Å². The highest BCUT2D eigenvalue weighted by Gasteiger charge is 2.15. The van der Waals surface area contributed by atoms with Crippen molar-refractivity contribution < 1.29 is 4.74 Å². The summed E-state index contributed by atoms with van der Waals surface area (Å²) in [6.45, 7) is 6.76. The number of rotatable bonds is 5. The zero-order valence-corrected chi connectivity index (χ0v) is 13.2. The molecule has 0 bridgehead atoms. The molecular weight excluding hydrogens is 276 g/mol. The number of aromatic nitrogens is 2. The molecule has 0 saturated carbocycles. The molecule has 1 aromatic carbocycles. The van der Waals surface area contributed by atoms with E-state index in [1.54, 1.807) is 0 Å². The number of nitrogens with zero attached hydrogens (tertiary/aromatic N) is 3. The lowest BCUT2D eigenvalue weighted by molar-refractivity contribution is 0.340. The van der Waals surface area contributed by atoms with E-state index in [1.807, 2.05) is 44.2 Å². The molecule has 1 aromatic heterocycles. The fourth-order valence-electron chi connectivity index (χ4n) is 2.62. The summed E-state index contributed by atoms with van der Waals surface area (Å²) in [7, 11) is 0. The van der Waals surface area contributed by atoms with Crippen LogP contribution in [0.3, 0.4) is 0 Å². The van der Waals surface area contributed by atoms with E-state index >= 15 is 0 Å². The molecule has 1 aliphatic rings. The second kappa shape index (κ2) is 6.64. The monoisotopic (exact) mass is 298 g/mol. The number of aryl methyl sites for hydroxylation is 1. The lowest BCUT2D eigenvalue weighted by Crippen LogP contribution is -2.21. The van der Waals surface area contributed by atoms with Crippen molar-refractivity contribution in [2.75, 3.05) is 29.9 Å². The van der Waals surface area contributed by atoms with Gasteiger partial charge in [-0.05, 0) is 51.0 Å². The van der Waals surface area contributed by atoms with Crippen molar-refractivity contribution >= 4 is 17.5 Å². The van der Waals surface area contributed by atoms with Crippen LogP contribution in [-0.4, -0.2) is 29.7 Å². The van der Waals surface area contributed by atoms with Crippen LogP contribution in [-0.2, 0) is 0 Å². The van der Waals surface area contributed by atoms with E-state index in [1.165, 1.54) is 12.8 Å². The highest BCUT2D eigenvalue weighted by molar-refractivity contribution is 5.58. The average molecular weight is 298 g/mol. The van der Waals surface area contributed by atoms with Crippen molar-refractivity contribution in [3.05, 3.63) is 36.0 Å². The molecule has 5 nitrogen and oxygen atoms in total. The Morgan fingerprint density at radius 3 is 2.55 bits per heavy atom. The standard InChI is InChI=1S/C17H22N4O/c1-3-22-15-8-6-14(7-9-15)19-16-12-13(2)18-17(20-16)21-10-4-5-11-21/h6-9,12H,3-5,10-11H2,1-2H3,(H,18,19,20). The number of hydrogen-bond donors (Lipinski definition) is 1. The molecule has 0 unspecified atom stereocenters. The van der Waals surface area contributed by atoms with Crippen LogP contribution in [0.1, 0.15) is 25.5 Å². The van der Waals surface area contributed by atoms with Gasteiger partial charge in [-0.1, -0.05) is 0 Å². The van der Waals surface area contributed by atoms with E-state index in [-0.39, 0.29) is 0 Å². The topological polar surface area (TPSA) is 50.3 Å². The molecule has 1 N–H and O–H groups in total. The minimum absolute atomic E-state index is 0.678. The SMILES string of the molecule is CCOc1ccc(Nc2cc(C)nc(N3CCCC3)n2)cc1.